The second kappa shape index (κ2) is 22.2. The minimum Gasteiger partial charge on any atom is -0.468 e. The number of alkyl carbamates (subject to hydrolysis) is 1. The first kappa shape index (κ1) is 43.3. The molecule has 0 spiro atoms. The number of fused-ring (bicyclic) bond motifs is 2. The van der Waals surface area contributed by atoms with Crippen molar-refractivity contribution in [3.63, 3.8) is 0 Å². The molecular weight excluding hydrogens is 660 g/mol. The number of hydrogen-bond acceptors (Lipinski definition) is 9. The molecule has 10 nitrogen and oxygen atoms in total. The molecule has 1 amide bonds. The molecule has 5 rings (SSSR count). The molecule has 10 heteroatoms. The summed E-state index contributed by atoms with van der Waals surface area (Å²) in [4.78, 5) is 59.8. The Bertz CT molecular complexity index is 1610. The van der Waals surface area contributed by atoms with E-state index in [0.29, 0.717) is 31.6 Å². The molecule has 282 valence electrons. The molecule has 4 atom stereocenters. The Kier molecular flexibility index (Phi) is 18.5. The van der Waals surface area contributed by atoms with Crippen LogP contribution in [0.4, 0.5) is 4.79 Å². The fourth-order valence-corrected chi connectivity index (χ4v) is 6.66. The van der Waals surface area contributed by atoms with Crippen LogP contribution in [-0.4, -0.2) is 55.9 Å². The molecule has 0 aromatic heterocycles. The van der Waals surface area contributed by atoms with Crippen LogP contribution in [0, 0.1) is 0 Å². The van der Waals surface area contributed by atoms with Gasteiger partial charge in [-0.25, -0.2) is 9.59 Å². The Morgan fingerprint density at radius 2 is 1.17 bits per heavy atom. The largest absolute Gasteiger partial charge is 0.468 e. The molecule has 0 saturated heterocycles. The standard InChI is InChI=1S/C24H27NO5.C16H21NO3.2CH4/c1-29-23(27)22(25-24(28)30-16-17-7-3-2-4-8-17)14-13-20(26)15-19-12-11-18-9-5-6-10-21(18)19;1-20-16(19)15(17)9-8-13(18)10-12-7-6-11-4-2-3-5-14(11)12;;/h2-10,19,22H,11-16H2,1H3,(H,25,28);2-5,12,15H,6-10,17H2,1H3;2*1H4/t19-,22-;12-,15-;;/m00../s1. The van der Waals surface area contributed by atoms with Crippen molar-refractivity contribution in [3.8, 4) is 0 Å². The first-order valence-electron chi connectivity index (χ1n) is 17.3. The average molecular weight is 717 g/mol. The zero-order chi connectivity index (χ0) is 35.9. The number of benzene rings is 3. The molecule has 3 aromatic carbocycles. The van der Waals surface area contributed by atoms with E-state index in [0.717, 1.165) is 31.2 Å². The van der Waals surface area contributed by atoms with Crippen LogP contribution in [0.1, 0.15) is 106 Å². The van der Waals surface area contributed by atoms with Crippen LogP contribution in [0.2, 0.25) is 0 Å². The van der Waals surface area contributed by atoms with Gasteiger partial charge in [0.05, 0.1) is 14.2 Å². The van der Waals surface area contributed by atoms with E-state index in [-0.39, 0.29) is 51.8 Å². The third-order valence-corrected chi connectivity index (χ3v) is 9.40. The lowest BCUT2D eigenvalue weighted by Gasteiger charge is -2.17. The van der Waals surface area contributed by atoms with E-state index < -0.39 is 30.1 Å². The van der Waals surface area contributed by atoms with Crippen molar-refractivity contribution in [3.05, 3.63) is 107 Å². The summed E-state index contributed by atoms with van der Waals surface area (Å²) in [5.74, 6) is -0.243. The predicted octanol–water partition coefficient (Wildman–Crippen LogP) is 7.15. The van der Waals surface area contributed by atoms with Crippen LogP contribution in [0.5, 0.6) is 0 Å². The van der Waals surface area contributed by atoms with Crippen molar-refractivity contribution in [1.82, 2.24) is 5.32 Å². The lowest BCUT2D eigenvalue weighted by Crippen LogP contribution is -2.42. The zero-order valence-corrected chi connectivity index (χ0v) is 28.9. The Balaban J connectivity index is 0.000000373. The quantitative estimate of drug-likeness (QED) is 0.123. The van der Waals surface area contributed by atoms with E-state index in [1.54, 1.807) is 0 Å². The summed E-state index contributed by atoms with van der Waals surface area (Å²) in [5.41, 5.74) is 11.7. The van der Waals surface area contributed by atoms with Crippen molar-refractivity contribution in [2.45, 2.75) is 110 Å². The summed E-state index contributed by atoms with van der Waals surface area (Å²) in [6, 6.07) is 24.2. The van der Waals surface area contributed by atoms with Crippen molar-refractivity contribution in [2.24, 2.45) is 5.73 Å². The second-order valence-electron chi connectivity index (χ2n) is 12.8. The Morgan fingerprint density at radius 3 is 1.69 bits per heavy atom. The van der Waals surface area contributed by atoms with Crippen LogP contribution in [0.15, 0.2) is 78.9 Å². The van der Waals surface area contributed by atoms with Gasteiger partial charge in [-0.3, -0.25) is 14.4 Å². The van der Waals surface area contributed by atoms with Crippen molar-refractivity contribution < 1.29 is 38.2 Å². The number of rotatable bonds is 15. The van der Waals surface area contributed by atoms with Gasteiger partial charge in [0.25, 0.3) is 0 Å². The number of hydrogen-bond donors (Lipinski definition) is 2. The fraction of sp³-hybridized carbons (Fsp3) is 0.452. The normalized spacial score (nSPS) is 16.1. The smallest absolute Gasteiger partial charge is 0.408 e. The third-order valence-electron chi connectivity index (χ3n) is 9.40. The summed E-state index contributed by atoms with van der Waals surface area (Å²) in [5, 5.41) is 2.51. The number of nitrogens with one attached hydrogen (secondary N) is 1. The highest BCUT2D eigenvalue weighted by molar-refractivity contribution is 5.84. The van der Waals surface area contributed by atoms with Crippen LogP contribution >= 0.6 is 0 Å². The van der Waals surface area contributed by atoms with E-state index in [9.17, 15) is 24.0 Å². The monoisotopic (exact) mass is 716 g/mol. The third kappa shape index (κ3) is 13.1. The number of Topliss-reactive ketones (excluding diaryl/α,β-unsaturated/α-hetero) is 2. The molecule has 0 heterocycles. The van der Waals surface area contributed by atoms with Gasteiger partial charge in [0.2, 0.25) is 0 Å². The first-order chi connectivity index (χ1) is 24.2. The number of amides is 1. The summed E-state index contributed by atoms with van der Waals surface area (Å²) < 4.78 is 14.5. The van der Waals surface area contributed by atoms with E-state index >= 15 is 0 Å². The van der Waals surface area contributed by atoms with Gasteiger partial charge < -0.3 is 25.3 Å². The van der Waals surface area contributed by atoms with E-state index in [2.05, 4.69) is 34.3 Å². The number of esters is 2. The van der Waals surface area contributed by atoms with Crippen LogP contribution in [0.3, 0.4) is 0 Å². The van der Waals surface area contributed by atoms with E-state index in [4.69, 9.17) is 15.2 Å². The lowest BCUT2D eigenvalue weighted by molar-refractivity contribution is -0.143. The number of methoxy groups -OCH3 is 2. The van der Waals surface area contributed by atoms with Gasteiger partial charge in [0, 0.05) is 25.7 Å². The highest BCUT2D eigenvalue weighted by atomic mass is 16.6. The first-order valence-corrected chi connectivity index (χ1v) is 17.3. The molecule has 2 aliphatic rings. The molecule has 2 aliphatic carbocycles. The van der Waals surface area contributed by atoms with Gasteiger partial charge in [0.1, 0.15) is 30.3 Å². The van der Waals surface area contributed by atoms with E-state index in [1.807, 2.05) is 54.6 Å². The highest BCUT2D eigenvalue weighted by Gasteiger charge is 2.27. The SMILES string of the molecule is C.C.COC(=O)[C@@H](N)CCC(=O)C[C@@H]1CCc2ccccc21.COC(=O)[C@H](CCC(=O)C[C@@H]1CCc2ccccc21)NC(=O)OCc1ccccc1. The highest BCUT2D eigenvalue weighted by Crippen LogP contribution is 2.36. The molecule has 52 heavy (non-hydrogen) atoms. The topological polar surface area (TPSA) is 151 Å². The van der Waals surface area contributed by atoms with E-state index in [1.165, 1.54) is 36.5 Å². The number of carbonyl (C=O) groups excluding carboxylic acids is 5. The lowest BCUT2D eigenvalue weighted by atomic mass is 9.93. The molecule has 0 bridgehead atoms. The maximum atomic E-state index is 12.5. The average Bonchev–Trinajstić information content (AvgIpc) is 3.75. The molecule has 0 aliphatic heterocycles. The molecule has 3 N–H and O–H groups in total. The number of nitrogens with two attached hydrogens (primary N) is 1. The van der Waals surface area contributed by atoms with Gasteiger partial charge in [0.15, 0.2) is 0 Å². The molecule has 3 aromatic rings. The molecular formula is C42H56N2O8. The maximum Gasteiger partial charge on any atom is 0.408 e. The van der Waals surface area contributed by atoms with Crippen LogP contribution < -0.4 is 11.1 Å². The van der Waals surface area contributed by atoms with Gasteiger partial charge in [-0.05, 0) is 78.2 Å². The summed E-state index contributed by atoms with van der Waals surface area (Å²) >= 11 is 0. The summed E-state index contributed by atoms with van der Waals surface area (Å²) in [6.07, 6.45) is 5.40. The Hall–Kier alpha value is -4.83. The Labute approximate surface area is 308 Å². The Morgan fingerprint density at radius 1 is 0.692 bits per heavy atom. The maximum absolute atomic E-state index is 12.5. The number of ether oxygens (including phenoxy) is 3. The molecule has 0 radical (unpaired) electrons. The minimum absolute atomic E-state index is 0. The molecule has 0 unspecified atom stereocenters. The van der Waals surface area contributed by atoms with Crippen molar-refractivity contribution in [2.75, 3.05) is 14.2 Å². The molecule has 0 saturated carbocycles. The zero-order valence-electron chi connectivity index (χ0n) is 28.9. The van der Waals surface area contributed by atoms with Gasteiger partial charge in [-0.15, -0.1) is 0 Å². The second-order valence-corrected chi connectivity index (χ2v) is 12.8. The van der Waals surface area contributed by atoms with Crippen LogP contribution in [-0.2, 0) is 52.8 Å². The van der Waals surface area contributed by atoms with Gasteiger partial charge in [-0.2, -0.15) is 0 Å². The minimum atomic E-state index is -0.918. The number of carbonyl (C=O) groups is 5. The van der Waals surface area contributed by atoms with Gasteiger partial charge in [-0.1, -0.05) is 93.7 Å². The fourth-order valence-electron chi connectivity index (χ4n) is 6.66. The number of aryl methyl sites for hydroxylation is 2. The number of ketones is 2. The van der Waals surface area contributed by atoms with Crippen molar-refractivity contribution >= 4 is 29.6 Å². The predicted molar refractivity (Wildman–Crippen MR) is 202 cm³/mol. The summed E-state index contributed by atoms with van der Waals surface area (Å²) in [6.45, 7) is 0.0978. The van der Waals surface area contributed by atoms with Gasteiger partial charge >= 0.3 is 18.0 Å². The van der Waals surface area contributed by atoms with Crippen molar-refractivity contribution in [1.29, 1.82) is 0 Å². The summed E-state index contributed by atoms with van der Waals surface area (Å²) in [7, 11) is 2.56. The molecule has 0 fully saturated rings. The van der Waals surface area contributed by atoms with Crippen LogP contribution in [0.25, 0.3) is 0 Å².